The van der Waals surface area contributed by atoms with Gasteiger partial charge in [0.2, 0.25) is 0 Å². The van der Waals surface area contributed by atoms with Crippen LogP contribution in [0.2, 0.25) is 0 Å². The van der Waals surface area contributed by atoms with E-state index in [9.17, 15) is 10.1 Å². The van der Waals surface area contributed by atoms with Crippen LogP contribution in [0.4, 0.5) is 17.1 Å². The Morgan fingerprint density at radius 3 is 2.67 bits per heavy atom. The van der Waals surface area contributed by atoms with Crippen molar-refractivity contribution in [2.24, 2.45) is 0 Å². The Morgan fingerprint density at radius 1 is 1.11 bits per heavy atom. The molecule has 0 aliphatic rings. The molecule has 4 rings (SSSR count). The molecule has 0 atom stereocenters. The summed E-state index contributed by atoms with van der Waals surface area (Å²) in [4.78, 5) is 14.8. The van der Waals surface area contributed by atoms with Crippen LogP contribution in [0.3, 0.4) is 0 Å². The number of anilines is 2. The van der Waals surface area contributed by atoms with Crippen molar-refractivity contribution in [3.63, 3.8) is 0 Å². The summed E-state index contributed by atoms with van der Waals surface area (Å²) in [5.41, 5.74) is 3.60. The highest BCUT2D eigenvalue weighted by Crippen LogP contribution is 2.31. The average molecular weight is 356 g/mol. The third-order valence-corrected chi connectivity index (χ3v) is 4.12. The fraction of sp³-hybridized carbons (Fsp3) is 0. The van der Waals surface area contributed by atoms with Crippen molar-refractivity contribution in [1.29, 1.82) is 5.26 Å². The lowest BCUT2D eigenvalue weighted by molar-refractivity contribution is -0.383. The van der Waals surface area contributed by atoms with Crippen LogP contribution in [0.15, 0.2) is 60.9 Å². The molecule has 4 aromatic rings. The lowest BCUT2D eigenvalue weighted by atomic mass is 10.1. The molecule has 2 aromatic carbocycles. The summed E-state index contributed by atoms with van der Waals surface area (Å²) in [7, 11) is 0. The van der Waals surface area contributed by atoms with E-state index in [1.807, 2.05) is 36.4 Å². The largest absolute Gasteiger partial charge is 0.350 e. The molecule has 8 heteroatoms. The molecule has 27 heavy (non-hydrogen) atoms. The number of fused-ring (bicyclic) bond motifs is 1. The first-order valence-electron chi connectivity index (χ1n) is 8.00. The normalized spacial score (nSPS) is 10.5. The molecule has 8 nitrogen and oxygen atoms in total. The average Bonchev–Trinajstić information content (AvgIpc) is 3.12. The van der Waals surface area contributed by atoms with Gasteiger partial charge in [0.1, 0.15) is 11.4 Å². The van der Waals surface area contributed by atoms with Gasteiger partial charge < -0.3 is 5.32 Å². The predicted molar refractivity (Wildman–Crippen MR) is 100 cm³/mol. The lowest BCUT2D eigenvalue weighted by Crippen LogP contribution is -1.97. The molecule has 130 valence electrons. The van der Waals surface area contributed by atoms with E-state index in [1.54, 1.807) is 12.4 Å². The number of hydrogen-bond acceptors (Lipinski definition) is 6. The third kappa shape index (κ3) is 3.05. The van der Waals surface area contributed by atoms with Crippen LogP contribution in [0.1, 0.15) is 5.56 Å². The third-order valence-electron chi connectivity index (χ3n) is 4.12. The molecule has 0 spiro atoms. The van der Waals surface area contributed by atoms with Crippen molar-refractivity contribution in [2.75, 3.05) is 5.32 Å². The Morgan fingerprint density at radius 2 is 1.93 bits per heavy atom. The minimum atomic E-state index is -0.514. The fourth-order valence-electron chi connectivity index (χ4n) is 2.84. The van der Waals surface area contributed by atoms with E-state index >= 15 is 0 Å². The number of nitrogens with zero attached hydrogens (tertiary/aromatic N) is 4. The first kappa shape index (κ1) is 16.2. The second kappa shape index (κ2) is 6.57. The number of nitrogens with one attached hydrogen (secondary N) is 2. The van der Waals surface area contributed by atoms with Gasteiger partial charge in [-0.05, 0) is 42.5 Å². The molecule has 2 heterocycles. The molecule has 0 radical (unpaired) electrons. The van der Waals surface area contributed by atoms with Crippen LogP contribution < -0.4 is 5.32 Å². The van der Waals surface area contributed by atoms with Gasteiger partial charge >= 0.3 is 0 Å². The quantitative estimate of drug-likeness (QED) is 0.418. The molecule has 0 aliphatic heterocycles. The van der Waals surface area contributed by atoms with E-state index in [0.717, 1.165) is 22.2 Å². The smallest absolute Gasteiger partial charge is 0.293 e. The van der Waals surface area contributed by atoms with Gasteiger partial charge in [0.05, 0.1) is 22.1 Å². The Bertz CT molecular complexity index is 1190. The Labute approximate surface area is 153 Å². The second-order valence-electron chi connectivity index (χ2n) is 5.79. The number of pyridine rings is 1. The SMILES string of the molecule is N#Cc1ccc(Nc2ccc3c(-c4ccncc4)n[nH]c3c2)c([N+](=O)[O-])c1. The van der Waals surface area contributed by atoms with Crippen molar-refractivity contribution < 1.29 is 4.92 Å². The number of nitro benzene ring substituents is 1. The number of aromatic nitrogens is 3. The van der Waals surface area contributed by atoms with Crippen molar-refractivity contribution in [3.05, 3.63) is 76.6 Å². The van der Waals surface area contributed by atoms with Crippen molar-refractivity contribution >= 4 is 28.0 Å². The van der Waals surface area contributed by atoms with Crippen LogP contribution in [0.5, 0.6) is 0 Å². The first-order valence-corrected chi connectivity index (χ1v) is 8.00. The minimum Gasteiger partial charge on any atom is -0.350 e. The second-order valence-corrected chi connectivity index (χ2v) is 5.79. The van der Waals surface area contributed by atoms with Crippen LogP contribution in [-0.4, -0.2) is 20.1 Å². The van der Waals surface area contributed by atoms with Crippen LogP contribution in [0.25, 0.3) is 22.2 Å². The first-order chi connectivity index (χ1) is 13.2. The number of benzene rings is 2. The van der Waals surface area contributed by atoms with Gasteiger partial charge in [-0.3, -0.25) is 20.2 Å². The highest BCUT2D eigenvalue weighted by Gasteiger charge is 2.15. The fourth-order valence-corrected chi connectivity index (χ4v) is 2.84. The Hall–Kier alpha value is -4.25. The molecule has 2 aromatic heterocycles. The number of rotatable bonds is 4. The molecule has 0 aliphatic carbocycles. The maximum absolute atomic E-state index is 11.3. The van der Waals surface area contributed by atoms with E-state index < -0.39 is 4.92 Å². The van der Waals surface area contributed by atoms with Crippen LogP contribution in [-0.2, 0) is 0 Å². The molecular formula is C19H12N6O2. The molecule has 0 saturated heterocycles. The monoisotopic (exact) mass is 356 g/mol. The maximum Gasteiger partial charge on any atom is 0.293 e. The number of hydrogen-bond donors (Lipinski definition) is 2. The Kier molecular flexibility index (Phi) is 3.95. The zero-order valence-corrected chi connectivity index (χ0v) is 13.9. The topological polar surface area (TPSA) is 121 Å². The summed E-state index contributed by atoms with van der Waals surface area (Å²) in [5, 5.41) is 31.5. The minimum absolute atomic E-state index is 0.156. The summed E-state index contributed by atoms with van der Waals surface area (Å²) < 4.78 is 0. The zero-order valence-electron chi connectivity index (χ0n) is 13.9. The number of H-pyrrole nitrogens is 1. The molecule has 2 N–H and O–H groups in total. The van der Waals surface area contributed by atoms with Gasteiger partial charge in [0, 0.05) is 35.1 Å². The molecule has 0 amide bonds. The zero-order chi connectivity index (χ0) is 18.8. The van der Waals surface area contributed by atoms with Gasteiger partial charge in [-0.15, -0.1) is 0 Å². The van der Waals surface area contributed by atoms with Crippen molar-refractivity contribution in [3.8, 4) is 17.3 Å². The van der Waals surface area contributed by atoms with Crippen molar-refractivity contribution in [2.45, 2.75) is 0 Å². The summed E-state index contributed by atoms with van der Waals surface area (Å²) in [6, 6.07) is 15.5. The van der Waals surface area contributed by atoms with E-state index in [2.05, 4.69) is 20.5 Å². The summed E-state index contributed by atoms with van der Waals surface area (Å²) in [5.74, 6) is 0. The van der Waals surface area contributed by atoms with Gasteiger partial charge in [-0.1, -0.05) is 0 Å². The highest BCUT2D eigenvalue weighted by atomic mass is 16.6. The molecular weight excluding hydrogens is 344 g/mol. The molecule has 0 fully saturated rings. The predicted octanol–water partition coefficient (Wildman–Crippen LogP) is 4.15. The molecule has 0 unspecified atom stereocenters. The number of nitriles is 1. The highest BCUT2D eigenvalue weighted by molar-refractivity contribution is 5.95. The standard InChI is InChI=1S/C19H12N6O2/c20-11-12-1-4-16(18(9-12)25(26)27)22-14-2-3-15-17(10-14)23-24-19(15)13-5-7-21-8-6-13/h1-10,22H,(H,23,24). The van der Waals surface area contributed by atoms with E-state index in [1.165, 1.54) is 18.2 Å². The van der Waals surface area contributed by atoms with Crippen LogP contribution in [0, 0.1) is 21.4 Å². The lowest BCUT2D eigenvalue weighted by Gasteiger charge is -2.07. The Balaban J connectivity index is 1.70. The maximum atomic E-state index is 11.3. The van der Waals surface area contributed by atoms with Gasteiger partial charge in [0.15, 0.2) is 0 Å². The summed E-state index contributed by atoms with van der Waals surface area (Å²) in [6.45, 7) is 0. The van der Waals surface area contributed by atoms with E-state index in [4.69, 9.17) is 5.26 Å². The van der Waals surface area contributed by atoms with Gasteiger partial charge in [0.25, 0.3) is 5.69 Å². The van der Waals surface area contributed by atoms with Gasteiger partial charge in [-0.25, -0.2) is 0 Å². The number of aromatic amines is 1. The summed E-state index contributed by atoms with van der Waals surface area (Å²) in [6.07, 6.45) is 3.41. The van der Waals surface area contributed by atoms with E-state index in [-0.39, 0.29) is 11.3 Å². The van der Waals surface area contributed by atoms with Gasteiger partial charge in [-0.2, -0.15) is 10.4 Å². The molecule has 0 saturated carbocycles. The van der Waals surface area contributed by atoms with Crippen molar-refractivity contribution in [1.82, 2.24) is 15.2 Å². The summed E-state index contributed by atoms with van der Waals surface area (Å²) >= 11 is 0. The van der Waals surface area contributed by atoms with Crippen LogP contribution >= 0.6 is 0 Å². The van der Waals surface area contributed by atoms with E-state index in [0.29, 0.717) is 11.4 Å². The number of nitro groups is 1. The molecule has 0 bridgehead atoms.